The highest BCUT2D eigenvalue weighted by atomic mass is 32.2. The van der Waals surface area contributed by atoms with Crippen molar-refractivity contribution in [1.82, 2.24) is 9.97 Å². The van der Waals surface area contributed by atoms with Gasteiger partial charge in [-0.05, 0) is 24.3 Å². The zero-order valence-corrected chi connectivity index (χ0v) is 11.9. The van der Waals surface area contributed by atoms with Crippen molar-refractivity contribution in [2.45, 2.75) is 24.7 Å². The average molecular weight is 276 g/mol. The fraction of sp³-hybridized carbons (Fsp3) is 0.286. The molecule has 1 heterocycles. The maximum Gasteiger partial charge on any atom is 0.258 e. The largest absolute Gasteiger partial charge is 0.493 e. The van der Waals surface area contributed by atoms with Gasteiger partial charge in [-0.25, -0.2) is 0 Å². The molecule has 0 atom stereocenters. The molecule has 4 nitrogen and oxygen atoms in total. The third kappa shape index (κ3) is 2.81. The smallest absolute Gasteiger partial charge is 0.258 e. The van der Waals surface area contributed by atoms with E-state index >= 15 is 0 Å². The number of hydrogen-bond donors (Lipinski definition) is 2. The number of thioether (sulfide) groups is 1. The summed E-state index contributed by atoms with van der Waals surface area (Å²) in [4.78, 5) is 19.9. The van der Waals surface area contributed by atoms with Crippen molar-refractivity contribution in [1.29, 1.82) is 0 Å². The van der Waals surface area contributed by atoms with E-state index in [1.54, 1.807) is 11.8 Å². The average Bonchev–Trinajstić information content (AvgIpc) is 2.37. The van der Waals surface area contributed by atoms with E-state index in [-0.39, 0.29) is 17.4 Å². The van der Waals surface area contributed by atoms with E-state index in [1.165, 1.54) is 0 Å². The highest BCUT2D eigenvalue weighted by molar-refractivity contribution is 7.98. The Balaban J connectivity index is 2.49. The molecular weight excluding hydrogens is 260 g/mol. The second-order valence-electron chi connectivity index (χ2n) is 4.54. The SMILES string of the molecule is CSc1ccc(-c2nc(O)c(C(C)C)c(=O)[nH]2)cc1. The van der Waals surface area contributed by atoms with Gasteiger partial charge in [0.15, 0.2) is 0 Å². The quantitative estimate of drug-likeness (QED) is 0.846. The van der Waals surface area contributed by atoms with Crippen LogP contribution in [0.1, 0.15) is 25.3 Å². The molecule has 5 heteroatoms. The van der Waals surface area contributed by atoms with Gasteiger partial charge in [0.25, 0.3) is 5.56 Å². The van der Waals surface area contributed by atoms with E-state index in [0.29, 0.717) is 11.4 Å². The minimum atomic E-state index is -0.286. The molecule has 2 N–H and O–H groups in total. The molecule has 0 saturated carbocycles. The Morgan fingerprint density at radius 2 is 1.89 bits per heavy atom. The van der Waals surface area contributed by atoms with Gasteiger partial charge in [0.1, 0.15) is 5.82 Å². The van der Waals surface area contributed by atoms with Gasteiger partial charge >= 0.3 is 0 Å². The fourth-order valence-corrected chi connectivity index (χ4v) is 2.28. The lowest BCUT2D eigenvalue weighted by molar-refractivity contribution is 0.440. The van der Waals surface area contributed by atoms with Crippen molar-refractivity contribution in [3.63, 3.8) is 0 Å². The molecule has 2 aromatic rings. The van der Waals surface area contributed by atoms with Crippen molar-refractivity contribution in [2.75, 3.05) is 6.26 Å². The van der Waals surface area contributed by atoms with Crippen LogP contribution in [0.15, 0.2) is 34.0 Å². The molecule has 1 aromatic carbocycles. The number of hydrogen-bond acceptors (Lipinski definition) is 4. The first-order valence-corrected chi connectivity index (χ1v) is 7.23. The maximum absolute atomic E-state index is 11.9. The Kier molecular flexibility index (Phi) is 3.95. The summed E-state index contributed by atoms with van der Waals surface area (Å²) in [6, 6.07) is 7.65. The molecule has 0 aliphatic carbocycles. The predicted octanol–water partition coefficient (Wildman–Crippen LogP) is 2.99. The summed E-state index contributed by atoms with van der Waals surface area (Å²) in [5.74, 6) is 0.131. The summed E-state index contributed by atoms with van der Waals surface area (Å²) in [7, 11) is 0. The predicted molar refractivity (Wildman–Crippen MR) is 77.8 cm³/mol. The second-order valence-corrected chi connectivity index (χ2v) is 5.41. The van der Waals surface area contributed by atoms with Gasteiger partial charge in [-0.1, -0.05) is 26.0 Å². The van der Waals surface area contributed by atoms with Crippen molar-refractivity contribution in [2.24, 2.45) is 0 Å². The Morgan fingerprint density at radius 3 is 2.37 bits per heavy atom. The van der Waals surface area contributed by atoms with Gasteiger partial charge in [-0.2, -0.15) is 4.98 Å². The van der Waals surface area contributed by atoms with Crippen LogP contribution in [0.5, 0.6) is 5.88 Å². The summed E-state index contributed by atoms with van der Waals surface area (Å²) < 4.78 is 0. The van der Waals surface area contributed by atoms with E-state index in [9.17, 15) is 9.90 Å². The Bertz CT molecular complexity index is 633. The molecule has 0 radical (unpaired) electrons. The minimum Gasteiger partial charge on any atom is -0.493 e. The van der Waals surface area contributed by atoms with Crippen LogP contribution in [-0.4, -0.2) is 21.3 Å². The van der Waals surface area contributed by atoms with Crippen LogP contribution in [-0.2, 0) is 0 Å². The van der Waals surface area contributed by atoms with Crippen molar-refractivity contribution in [3.8, 4) is 17.3 Å². The maximum atomic E-state index is 11.9. The first kappa shape index (κ1) is 13.7. The standard InChI is InChI=1S/C14H16N2O2S/c1-8(2)11-13(17)15-12(16-14(11)18)9-4-6-10(19-3)7-5-9/h4-8H,1-3H3,(H2,15,16,17,18). The number of aromatic amines is 1. The molecule has 0 saturated heterocycles. The van der Waals surface area contributed by atoms with Crippen molar-refractivity contribution in [3.05, 3.63) is 40.2 Å². The lowest BCUT2D eigenvalue weighted by Gasteiger charge is -2.08. The molecule has 0 fully saturated rings. The van der Waals surface area contributed by atoms with E-state index < -0.39 is 0 Å². The van der Waals surface area contributed by atoms with Crippen LogP contribution >= 0.6 is 11.8 Å². The molecule has 1 aromatic heterocycles. The molecule has 0 aliphatic rings. The molecular formula is C14H16N2O2S. The lowest BCUT2D eigenvalue weighted by Crippen LogP contribution is -2.16. The van der Waals surface area contributed by atoms with Gasteiger partial charge < -0.3 is 10.1 Å². The van der Waals surface area contributed by atoms with Gasteiger partial charge in [0.2, 0.25) is 5.88 Å². The number of nitrogens with one attached hydrogen (secondary N) is 1. The number of aromatic hydroxyl groups is 1. The molecule has 0 bridgehead atoms. The van der Waals surface area contributed by atoms with Crippen LogP contribution in [0, 0.1) is 0 Å². The fourth-order valence-electron chi connectivity index (χ4n) is 1.88. The van der Waals surface area contributed by atoms with Crippen LogP contribution in [0.3, 0.4) is 0 Å². The monoisotopic (exact) mass is 276 g/mol. The number of H-pyrrole nitrogens is 1. The normalized spacial score (nSPS) is 10.9. The molecule has 100 valence electrons. The van der Waals surface area contributed by atoms with E-state index in [1.807, 2.05) is 44.4 Å². The van der Waals surface area contributed by atoms with Crippen LogP contribution in [0.2, 0.25) is 0 Å². The number of nitrogens with zero attached hydrogens (tertiary/aromatic N) is 1. The molecule has 2 rings (SSSR count). The van der Waals surface area contributed by atoms with Crippen LogP contribution in [0.4, 0.5) is 0 Å². The van der Waals surface area contributed by atoms with Crippen LogP contribution < -0.4 is 5.56 Å². The lowest BCUT2D eigenvalue weighted by atomic mass is 10.1. The van der Waals surface area contributed by atoms with Gasteiger partial charge in [-0.3, -0.25) is 4.79 Å². The topological polar surface area (TPSA) is 66.0 Å². The van der Waals surface area contributed by atoms with Gasteiger partial charge in [0, 0.05) is 10.5 Å². The Hall–Kier alpha value is -1.75. The summed E-state index contributed by atoms with van der Waals surface area (Å²) in [6.45, 7) is 3.69. The first-order chi connectivity index (χ1) is 9.02. The summed E-state index contributed by atoms with van der Waals surface area (Å²) in [5, 5.41) is 9.87. The molecule has 0 aliphatic heterocycles. The molecule has 0 spiro atoms. The van der Waals surface area contributed by atoms with Crippen LogP contribution in [0.25, 0.3) is 11.4 Å². The zero-order chi connectivity index (χ0) is 14.0. The van der Waals surface area contributed by atoms with E-state index in [4.69, 9.17) is 0 Å². The summed E-state index contributed by atoms with van der Waals surface area (Å²) in [6.07, 6.45) is 2.00. The molecule has 0 unspecified atom stereocenters. The second kappa shape index (κ2) is 5.48. The highest BCUT2D eigenvalue weighted by Crippen LogP contribution is 2.24. The van der Waals surface area contributed by atoms with E-state index in [0.717, 1.165) is 10.5 Å². The van der Waals surface area contributed by atoms with Gasteiger partial charge in [-0.15, -0.1) is 11.8 Å². The molecule has 0 amide bonds. The number of aromatic nitrogens is 2. The summed E-state index contributed by atoms with van der Waals surface area (Å²) >= 11 is 1.64. The number of benzene rings is 1. The minimum absolute atomic E-state index is 0.0656. The third-order valence-corrected chi connectivity index (χ3v) is 3.62. The highest BCUT2D eigenvalue weighted by Gasteiger charge is 2.14. The number of rotatable bonds is 3. The Morgan fingerprint density at radius 1 is 1.26 bits per heavy atom. The van der Waals surface area contributed by atoms with E-state index in [2.05, 4.69) is 9.97 Å². The van der Waals surface area contributed by atoms with Gasteiger partial charge in [0.05, 0.1) is 5.56 Å². The Labute approximate surface area is 115 Å². The van der Waals surface area contributed by atoms with Crippen molar-refractivity contribution < 1.29 is 5.11 Å². The first-order valence-electron chi connectivity index (χ1n) is 6.00. The summed E-state index contributed by atoms with van der Waals surface area (Å²) in [5.41, 5.74) is 0.816. The third-order valence-electron chi connectivity index (χ3n) is 2.88. The molecule has 19 heavy (non-hydrogen) atoms. The zero-order valence-electron chi connectivity index (χ0n) is 11.1. The van der Waals surface area contributed by atoms with Crippen molar-refractivity contribution >= 4 is 11.8 Å².